The number of rotatable bonds is 3. The molecule has 17 heavy (non-hydrogen) atoms. The Kier molecular flexibility index (Phi) is 6.17. The highest BCUT2D eigenvalue weighted by atomic mass is 32.2. The second kappa shape index (κ2) is 7.73. The van der Waals surface area contributed by atoms with Crippen LogP contribution in [-0.4, -0.2) is 24.1 Å². The van der Waals surface area contributed by atoms with Gasteiger partial charge in [-0.15, -0.1) is 0 Å². The number of ether oxygens (including phenoxy) is 1. The predicted octanol–water partition coefficient (Wildman–Crippen LogP) is 2.65. The van der Waals surface area contributed by atoms with Crippen LogP contribution in [0.2, 0.25) is 0 Å². The number of nitrogens with one attached hydrogen (secondary N) is 1. The van der Waals surface area contributed by atoms with Crippen LogP contribution in [0.3, 0.4) is 0 Å². The fraction of sp³-hybridized carbons (Fsp3) is 0.333. The van der Waals surface area contributed by atoms with Gasteiger partial charge in [0.1, 0.15) is 6.61 Å². The van der Waals surface area contributed by atoms with Crippen LogP contribution >= 0.6 is 11.8 Å². The molecule has 4 nitrogen and oxygen atoms in total. The summed E-state index contributed by atoms with van der Waals surface area (Å²) in [6.07, 6.45) is 1.38. The second-order valence-corrected chi connectivity index (χ2v) is 3.97. The summed E-state index contributed by atoms with van der Waals surface area (Å²) < 4.78 is 5.06. The third-order valence-electron chi connectivity index (χ3n) is 1.92. The van der Waals surface area contributed by atoms with E-state index in [0.29, 0.717) is 11.7 Å². The highest BCUT2D eigenvalue weighted by Crippen LogP contribution is 2.01. The smallest absolute Gasteiger partial charge is 0.413 e. The lowest BCUT2D eigenvalue weighted by molar-refractivity contribution is 0.145. The summed E-state index contributed by atoms with van der Waals surface area (Å²) in [6, 6.07) is 9.54. The van der Waals surface area contributed by atoms with E-state index in [-0.39, 0.29) is 6.61 Å². The van der Waals surface area contributed by atoms with Gasteiger partial charge in [-0.1, -0.05) is 42.1 Å². The summed E-state index contributed by atoms with van der Waals surface area (Å²) in [5, 5.41) is 3.16. The van der Waals surface area contributed by atoms with Gasteiger partial charge in [-0.3, -0.25) is 10.3 Å². The van der Waals surface area contributed by atoms with Crippen molar-refractivity contribution in [3.05, 3.63) is 35.9 Å². The number of hydrogen-bond donors (Lipinski definition) is 1. The Morgan fingerprint density at radius 3 is 2.71 bits per heavy atom. The van der Waals surface area contributed by atoms with Gasteiger partial charge in [-0.25, -0.2) is 4.79 Å². The number of carbonyl (C=O) groups is 1. The maximum atomic E-state index is 11.4. The summed E-state index contributed by atoms with van der Waals surface area (Å²) in [4.78, 5) is 15.5. The van der Waals surface area contributed by atoms with Crippen molar-refractivity contribution < 1.29 is 9.53 Å². The number of amides is 1. The van der Waals surface area contributed by atoms with Gasteiger partial charge >= 0.3 is 6.09 Å². The first-order valence-electron chi connectivity index (χ1n) is 5.32. The number of aliphatic imine (C=N–C) groups is 1. The third kappa shape index (κ3) is 5.40. The van der Waals surface area contributed by atoms with Gasteiger partial charge in [0, 0.05) is 6.54 Å². The van der Waals surface area contributed by atoms with Crippen molar-refractivity contribution in [2.45, 2.75) is 13.5 Å². The Hall–Kier alpha value is -1.49. The van der Waals surface area contributed by atoms with Crippen molar-refractivity contribution >= 4 is 23.0 Å². The van der Waals surface area contributed by atoms with Crippen molar-refractivity contribution in [2.75, 3.05) is 12.8 Å². The average Bonchev–Trinajstić information content (AvgIpc) is 2.37. The van der Waals surface area contributed by atoms with Crippen LogP contribution in [0.4, 0.5) is 4.79 Å². The number of nitrogens with zero attached hydrogens (tertiary/aromatic N) is 1. The molecule has 1 rings (SSSR count). The summed E-state index contributed by atoms with van der Waals surface area (Å²) in [5.41, 5.74) is 0.959. The first-order chi connectivity index (χ1) is 8.26. The van der Waals surface area contributed by atoms with E-state index in [1.807, 2.05) is 43.5 Å². The molecule has 0 saturated carbocycles. The molecule has 1 N–H and O–H groups in total. The number of benzene rings is 1. The highest BCUT2D eigenvalue weighted by Gasteiger charge is 2.05. The topological polar surface area (TPSA) is 50.7 Å². The van der Waals surface area contributed by atoms with E-state index in [4.69, 9.17) is 4.74 Å². The molecule has 5 heteroatoms. The average molecular weight is 252 g/mol. The zero-order valence-corrected chi connectivity index (χ0v) is 10.8. The Bertz CT molecular complexity index is 379. The van der Waals surface area contributed by atoms with E-state index in [9.17, 15) is 4.79 Å². The quantitative estimate of drug-likeness (QED) is 0.664. The SMILES string of the molecule is CCN=C(NC(=O)OCc1ccccc1)SC. The molecule has 0 aliphatic heterocycles. The number of carbonyl (C=O) groups excluding carboxylic acids is 1. The standard InChI is InChI=1S/C12H16N2O2S/c1-3-13-11(17-2)14-12(15)16-9-10-7-5-4-6-8-10/h4-8H,3,9H2,1-2H3,(H,13,14,15). The van der Waals surface area contributed by atoms with E-state index < -0.39 is 6.09 Å². The van der Waals surface area contributed by atoms with Gasteiger partial charge in [0.05, 0.1) is 0 Å². The first-order valence-corrected chi connectivity index (χ1v) is 6.55. The fourth-order valence-corrected chi connectivity index (χ4v) is 1.59. The van der Waals surface area contributed by atoms with Crippen LogP contribution < -0.4 is 5.32 Å². The molecular formula is C12H16N2O2S. The Morgan fingerprint density at radius 2 is 2.12 bits per heavy atom. The van der Waals surface area contributed by atoms with Crippen molar-refractivity contribution in [3.63, 3.8) is 0 Å². The lowest BCUT2D eigenvalue weighted by Gasteiger charge is -2.07. The van der Waals surface area contributed by atoms with Gasteiger partial charge in [-0.05, 0) is 18.7 Å². The number of amidine groups is 1. The Balaban J connectivity index is 2.38. The minimum Gasteiger partial charge on any atom is -0.444 e. The lowest BCUT2D eigenvalue weighted by Crippen LogP contribution is -2.29. The van der Waals surface area contributed by atoms with Crippen LogP contribution in [0.25, 0.3) is 0 Å². The molecule has 0 aromatic heterocycles. The van der Waals surface area contributed by atoms with Gasteiger partial charge in [0.25, 0.3) is 0 Å². The molecular weight excluding hydrogens is 236 g/mol. The normalized spacial score (nSPS) is 11.1. The molecule has 1 aromatic carbocycles. The van der Waals surface area contributed by atoms with Gasteiger partial charge in [0.2, 0.25) is 0 Å². The molecule has 0 spiro atoms. The molecule has 0 atom stereocenters. The zero-order chi connectivity index (χ0) is 12.5. The van der Waals surface area contributed by atoms with Gasteiger partial charge < -0.3 is 4.74 Å². The summed E-state index contributed by atoms with van der Waals surface area (Å²) in [5.74, 6) is 0. The summed E-state index contributed by atoms with van der Waals surface area (Å²) in [7, 11) is 0. The molecule has 0 saturated heterocycles. The van der Waals surface area contributed by atoms with Gasteiger partial charge in [0.15, 0.2) is 5.17 Å². The van der Waals surface area contributed by atoms with E-state index in [1.165, 1.54) is 11.8 Å². The first kappa shape index (κ1) is 13.6. The third-order valence-corrected chi connectivity index (χ3v) is 2.53. The van der Waals surface area contributed by atoms with Gasteiger partial charge in [-0.2, -0.15) is 0 Å². The highest BCUT2D eigenvalue weighted by molar-refractivity contribution is 8.13. The van der Waals surface area contributed by atoms with E-state index in [1.54, 1.807) is 0 Å². The van der Waals surface area contributed by atoms with Crippen LogP contribution in [0.15, 0.2) is 35.3 Å². The van der Waals surface area contributed by atoms with Crippen molar-refractivity contribution in [2.24, 2.45) is 4.99 Å². The summed E-state index contributed by atoms with van der Waals surface area (Å²) >= 11 is 1.38. The van der Waals surface area contributed by atoms with Crippen LogP contribution in [-0.2, 0) is 11.3 Å². The van der Waals surface area contributed by atoms with Crippen LogP contribution in [0.1, 0.15) is 12.5 Å². The van der Waals surface area contributed by atoms with Crippen molar-refractivity contribution in [1.29, 1.82) is 0 Å². The molecule has 0 unspecified atom stereocenters. The maximum absolute atomic E-state index is 11.4. The van der Waals surface area contributed by atoms with Crippen LogP contribution in [0, 0.1) is 0 Å². The maximum Gasteiger partial charge on any atom is 0.413 e. The Morgan fingerprint density at radius 1 is 1.41 bits per heavy atom. The second-order valence-electron chi connectivity index (χ2n) is 3.17. The monoisotopic (exact) mass is 252 g/mol. The van der Waals surface area contributed by atoms with E-state index in [0.717, 1.165) is 5.56 Å². The molecule has 0 radical (unpaired) electrons. The molecule has 1 amide bonds. The predicted molar refractivity (Wildman–Crippen MR) is 71.3 cm³/mol. The zero-order valence-electron chi connectivity index (χ0n) is 9.97. The molecule has 0 heterocycles. The molecule has 0 fully saturated rings. The van der Waals surface area contributed by atoms with Crippen molar-refractivity contribution in [3.8, 4) is 0 Å². The minimum atomic E-state index is -0.476. The van der Waals surface area contributed by atoms with Crippen molar-refractivity contribution in [1.82, 2.24) is 5.32 Å². The molecule has 92 valence electrons. The van der Waals surface area contributed by atoms with E-state index >= 15 is 0 Å². The molecule has 0 bridgehead atoms. The van der Waals surface area contributed by atoms with E-state index in [2.05, 4.69) is 10.3 Å². The summed E-state index contributed by atoms with van der Waals surface area (Å²) in [6.45, 7) is 2.81. The van der Waals surface area contributed by atoms with Crippen LogP contribution in [0.5, 0.6) is 0 Å². The fourth-order valence-electron chi connectivity index (χ4n) is 1.15. The minimum absolute atomic E-state index is 0.264. The molecule has 0 aliphatic carbocycles. The lowest BCUT2D eigenvalue weighted by atomic mass is 10.2. The largest absolute Gasteiger partial charge is 0.444 e. The number of alkyl carbamates (subject to hydrolysis) is 1. The molecule has 1 aromatic rings. The number of thioether (sulfide) groups is 1. The molecule has 0 aliphatic rings. The Labute approximate surface area is 105 Å². The number of hydrogen-bond acceptors (Lipinski definition) is 4.